The van der Waals surface area contributed by atoms with Gasteiger partial charge in [-0.15, -0.1) is 0 Å². The number of benzene rings is 3. The minimum Gasteiger partial charge on any atom is -0.508 e. The van der Waals surface area contributed by atoms with E-state index in [9.17, 15) is 10.2 Å². The van der Waals surface area contributed by atoms with Gasteiger partial charge < -0.3 is 10.2 Å². The van der Waals surface area contributed by atoms with Gasteiger partial charge in [-0.25, -0.2) is 0 Å². The van der Waals surface area contributed by atoms with Gasteiger partial charge in [-0.05, 0) is 77.9 Å². The van der Waals surface area contributed by atoms with Gasteiger partial charge in [0.25, 0.3) is 0 Å². The van der Waals surface area contributed by atoms with Crippen molar-refractivity contribution in [2.75, 3.05) is 0 Å². The number of rotatable bonds is 2. The van der Waals surface area contributed by atoms with Gasteiger partial charge in [0.1, 0.15) is 11.5 Å². The summed E-state index contributed by atoms with van der Waals surface area (Å²) in [6.45, 7) is 4.05. The molecule has 0 spiro atoms. The first-order valence-electron chi connectivity index (χ1n) is 9.62. The normalized spacial score (nSPS) is 15.5. The van der Waals surface area contributed by atoms with E-state index in [1.807, 2.05) is 37.3 Å². The fraction of sp³-hybridized carbons (Fsp3) is 0.333. The molecule has 1 saturated carbocycles. The third-order valence-corrected chi connectivity index (χ3v) is 6.11. The minimum atomic E-state index is 0.369. The molecular formula is C24H26O2. The van der Waals surface area contributed by atoms with Crippen molar-refractivity contribution in [3.8, 4) is 22.6 Å². The Balaban J connectivity index is 1.93. The summed E-state index contributed by atoms with van der Waals surface area (Å²) in [4.78, 5) is 0. The van der Waals surface area contributed by atoms with Crippen LogP contribution in [0.5, 0.6) is 11.5 Å². The van der Waals surface area contributed by atoms with Crippen LogP contribution in [0.1, 0.15) is 54.7 Å². The van der Waals surface area contributed by atoms with Crippen molar-refractivity contribution < 1.29 is 10.2 Å². The van der Waals surface area contributed by atoms with E-state index in [1.54, 1.807) is 0 Å². The summed E-state index contributed by atoms with van der Waals surface area (Å²) >= 11 is 0. The van der Waals surface area contributed by atoms with Crippen LogP contribution in [0.15, 0.2) is 42.5 Å². The molecule has 1 fully saturated rings. The van der Waals surface area contributed by atoms with Crippen LogP contribution < -0.4 is 0 Å². The first-order chi connectivity index (χ1) is 12.6. The second-order valence-electron chi connectivity index (χ2n) is 7.63. The van der Waals surface area contributed by atoms with Gasteiger partial charge in [0.15, 0.2) is 0 Å². The van der Waals surface area contributed by atoms with Crippen LogP contribution >= 0.6 is 0 Å². The van der Waals surface area contributed by atoms with Gasteiger partial charge in [-0.1, -0.05) is 49.6 Å². The molecule has 0 aromatic heterocycles. The topological polar surface area (TPSA) is 40.5 Å². The largest absolute Gasteiger partial charge is 0.508 e. The highest BCUT2D eigenvalue weighted by Crippen LogP contribution is 2.43. The van der Waals surface area contributed by atoms with Gasteiger partial charge >= 0.3 is 0 Å². The van der Waals surface area contributed by atoms with Crippen LogP contribution in [-0.2, 0) is 0 Å². The van der Waals surface area contributed by atoms with E-state index in [-0.39, 0.29) is 0 Å². The number of fused-ring (bicyclic) bond motifs is 1. The van der Waals surface area contributed by atoms with E-state index in [0.29, 0.717) is 17.4 Å². The Labute approximate surface area is 155 Å². The highest BCUT2D eigenvalue weighted by atomic mass is 16.3. The zero-order valence-electron chi connectivity index (χ0n) is 15.5. The van der Waals surface area contributed by atoms with E-state index in [0.717, 1.165) is 51.4 Å². The quantitative estimate of drug-likeness (QED) is 0.550. The van der Waals surface area contributed by atoms with Crippen LogP contribution in [0, 0.1) is 13.8 Å². The summed E-state index contributed by atoms with van der Waals surface area (Å²) in [6.07, 6.45) is 6.11. The van der Waals surface area contributed by atoms with Crippen LogP contribution in [0.3, 0.4) is 0 Å². The van der Waals surface area contributed by atoms with Crippen molar-refractivity contribution in [3.05, 3.63) is 59.2 Å². The molecule has 3 aromatic carbocycles. The number of aromatic hydroxyl groups is 2. The molecule has 26 heavy (non-hydrogen) atoms. The lowest BCUT2D eigenvalue weighted by Crippen LogP contribution is -2.05. The smallest absolute Gasteiger partial charge is 0.126 e. The Morgan fingerprint density at radius 3 is 2.23 bits per heavy atom. The lowest BCUT2D eigenvalue weighted by molar-refractivity contribution is 0.414. The van der Waals surface area contributed by atoms with Crippen molar-refractivity contribution in [2.24, 2.45) is 0 Å². The molecule has 3 aromatic rings. The molecular weight excluding hydrogens is 320 g/mol. The Morgan fingerprint density at radius 2 is 1.50 bits per heavy atom. The summed E-state index contributed by atoms with van der Waals surface area (Å²) in [6, 6.07) is 14.1. The fourth-order valence-electron chi connectivity index (χ4n) is 4.50. The molecule has 0 unspecified atom stereocenters. The fourth-order valence-corrected chi connectivity index (χ4v) is 4.50. The van der Waals surface area contributed by atoms with Crippen LogP contribution in [0.4, 0.5) is 0 Å². The van der Waals surface area contributed by atoms with E-state index < -0.39 is 0 Å². The lowest BCUT2D eigenvalue weighted by atomic mass is 9.82. The van der Waals surface area contributed by atoms with Gasteiger partial charge in [0, 0.05) is 5.39 Å². The summed E-state index contributed by atoms with van der Waals surface area (Å²) in [5.41, 5.74) is 5.39. The average molecular weight is 346 g/mol. The summed E-state index contributed by atoms with van der Waals surface area (Å²) in [5, 5.41) is 23.0. The Bertz CT molecular complexity index is 966. The molecule has 0 amide bonds. The number of phenolic OH excluding ortho intramolecular Hbond substituents is 2. The molecule has 0 saturated heterocycles. The number of hydrogen-bond acceptors (Lipinski definition) is 2. The van der Waals surface area contributed by atoms with Gasteiger partial charge in [0.05, 0.1) is 0 Å². The maximum absolute atomic E-state index is 10.6. The van der Waals surface area contributed by atoms with Crippen molar-refractivity contribution in [3.63, 3.8) is 0 Å². The van der Waals surface area contributed by atoms with Gasteiger partial charge in [-0.2, -0.15) is 0 Å². The number of phenols is 2. The van der Waals surface area contributed by atoms with Crippen LogP contribution in [0.2, 0.25) is 0 Å². The molecule has 0 aliphatic heterocycles. The molecule has 2 N–H and O–H groups in total. The molecule has 0 radical (unpaired) electrons. The van der Waals surface area contributed by atoms with Crippen molar-refractivity contribution in [1.82, 2.24) is 0 Å². The molecule has 1 aliphatic rings. The SMILES string of the molecule is Cc1c(C)c(-c2ccc(O)c(C3CCCCC3)c2)c2ccccc2c1O. The highest BCUT2D eigenvalue weighted by Gasteiger charge is 2.21. The monoisotopic (exact) mass is 346 g/mol. The lowest BCUT2D eigenvalue weighted by Gasteiger charge is -2.24. The maximum atomic E-state index is 10.6. The van der Waals surface area contributed by atoms with Crippen molar-refractivity contribution in [1.29, 1.82) is 0 Å². The third kappa shape index (κ3) is 2.74. The summed E-state index contributed by atoms with van der Waals surface area (Å²) in [7, 11) is 0. The summed E-state index contributed by atoms with van der Waals surface area (Å²) in [5.74, 6) is 1.24. The first kappa shape index (κ1) is 17.0. The Morgan fingerprint density at radius 1 is 0.808 bits per heavy atom. The van der Waals surface area contributed by atoms with Crippen molar-refractivity contribution in [2.45, 2.75) is 51.9 Å². The third-order valence-electron chi connectivity index (χ3n) is 6.11. The van der Waals surface area contributed by atoms with Crippen LogP contribution in [-0.4, -0.2) is 10.2 Å². The Kier molecular flexibility index (Phi) is 4.36. The molecule has 4 rings (SSSR count). The zero-order chi connectivity index (χ0) is 18.3. The molecule has 1 aliphatic carbocycles. The van der Waals surface area contributed by atoms with E-state index >= 15 is 0 Å². The molecule has 0 atom stereocenters. The second kappa shape index (κ2) is 6.68. The van der Waals surface area contributed by atoms with E-state index in [4.69, 9.17) is 0 Å². The molecule has 134 valence electrons. The zero-order valence-corrected chi connectivity index (χ0v) is 15.5. The van der Waals surface area contributed by atoms with Crippen molar-refractivity contribution >= 4 is 10.8 Å². The molecule has 0 bridgehead atoms. The molecule has 0 heterocycles. The van der Waals surface area contributed by atoms with E-state index in [1.165, 1.54) is 19.3 Å². The second-order valence-corrected chi connectivity index (χ2v) is 7.63. The maximum Gasteiger partial charge on any atom is 0.126 e. The van der Waals surface area contributed by atoms with Gasteiger partial charge in [0.2, 0.25) is 0 Å². The molecule has 2 nitrogen and oxygen atoms in total. The van der Waals surface area contributed by atoms with Gasteiger partial charge in [-0.3, -0.25) is 0 Å². The Hall–Kier alpha value is -2.48. The predicted molar refractivity (Wildman–Crippen MR) is 108 cm³/mol. The average Bonchev–Trinajstić information content (AvgIpc) is 2.68. The standard InChI is InChI=1S/C24H26O2/c1-15-16(2)24(26)20-11-7-6-10-19(20)23(15)18-12-13-22(25)21(14-18)17-8-4-3-5-9-17/h6-7,10-14,17,25-26H,3-5,8-9H2,1-2H3. The first-order valence-corrected chi connectivity index (χ1v) is 9.62. The van der Waals surface area contributed by atoms with E-state index in [2.05, 4.69) is 19.1 Å². The van der Waals surface area contributed by atoms with Crippen LogP contribution in [0.25, 0.3) is 21.9 Å². The molecule has 2 heteroatoms. The number of hydrogen-bond donors (Lipinski definition) is 2. The predicted octanol–water partition coefficient (Wildman–Crippen LogP) is 6.58. The minimum absolute atomic E-state index is 0.369. The highest BCUT2D eigenvalue weighted by molar-refractivity contribution is 6.02. The summed E-state index contributed by atoms with van der Waals surface area (Å²) < 4.78 is 0.